The molecule has 0 aliphatic carbocycles. The van der Waals surface area contributed by atoms with Crippen molar-refractivity contribution in [1.82, 2.24) is 10.2 Å². The summed E-state index contributed by atoms with van der Waals surface area (Å²) < 4.78 is 5.07. The highest BCUT2D eigenvalue weighted by molar-refractivity contribution is 7.11. The van der Waals surface area contributed by atoms with Crippen LogP contribution in [0.25, 0.3) is 0 Å². The van der Waals surface area contributed by atoms with E-state index in [9.17, 15) is 9.90 Å². The second-order valence-electron chi connectivity index (χ2n) is 4.10. The van der Waals surface area contributed by atoms with E-state index in [1.54, 1.807) is 7.11 Å². The number of hydrogen-bond acceptors (Lipinski definition) is 5. The topological polar surface area (TPSA) is 72.3 Å². The molecule has 1 heterocycles. The van der Waals surface area contributed by atoms with E-state index in [2.05, 4.69) is 10.2 Å². The number of carboxylic acid groups (broad SMARTS) is 1. The number of benzene rings is 1. The van der Waals surface area contributed by atoms with Gasteiger partial charge in [-0.1, -0.05) is 12.1 Å². The SMILES string of the molecule is COc1ccc(CC(C(=O)O)c2nnc(C)s2)cc1. The number of methoxy groups -OCH3 is 1. The van der Waals surface area contributed by atoms with Gasteiger partial charge in [0, 0.05) is 0 Å². The summed E-state index contributed by atoms with van der Waals surface area (Å²) in [6.07, 6.45) is 0.397. The third-order valence-corrected chi connectivity index (χ3v) is 3.69. The second kappa shape index (κ2) is 5.79. The van der Waals surface area contributed by atoms with Crippen LogP contribution < -0.4 is 4.74 Å². The molecular formula is C13H14N2O3S. The van der Waals surface area contributed by atoms with Crippen molar-refractivity contribution in [2.75, 3.05) is 7.11 Å². The Labute approximate surface area is 114 Å². The summed E-state index contributed by atoms with van der Waals surface area (Å²) in [5.74, 6) is -0.783. The first kappa shape index (κ1) is 13.5. The van der Waals surface area contributed by atoms with E-state index >= 15 is 0 Å². The molecule has 0 aliphatic rings. The Kier molecular flexibility index (Phi) is 4.11. The minimum Gasteiger partial charge on any atom is -0.497 e. The van der Waals surface area contributed by atoms with Gasteiger partial charge in [0.15, 0.2) is 0 Å². The highest BCUT2D eigenvalue weighted by Crippen LogP contribution is 2.25. The van der Waals surface area contributed by atoms with E-state index in [1.807, 2.05) is 31.2 Å². The predicted octanol–water partition coefficient (Wildman–Crippen LogP) is 2.27. The molecule has 0 radical (unpaired) electrons. The molecule has 1 unspecified atom stereocenters. The molecule has 19 heavy (non-hydrogen) atoms. The lowest BCUT2D eigenvalue weighted by Gasteiger charge is -2.09. The van der Waals surface area contributed by atoms with Gasteiger partial charge in [0.1, 0.15) is 21.7 Å². The van der Waals surface area contributed by atoms with Crippen LogP contribution in [-0.4, -0.2) is 28.4 Å². The number of ether oxygens (including phenoxy) is 1. The zero-order valence-electron chi connectivity index (χ0n) is 10.7. The summed E-state index contributed by atoms with van der Waals surface area (Å²) >= 11 is 1.32. The van der Waals surface area contributed by atoms with Crippen molar-refractivity contribution in [1.29, 1.82) is 0 Å². The summed E-state index contributed by atoms with van der Waals surface area (Å²) in [6, 6.07) is 7.37. The Hall–Kier alpha value is -1.95. The van der Waals surface area contributed by atoms with E-state index in [4.69, 9.17) is 4.74 Å². The van der Waals surface area contributed by atoms with Crippen LogP contribution in [0, 0.1) is 6.92 Å². The molecule has 2 rings (SSSR count). The molecule has 1 N–H and O–H groups in total. The number of aromatic nitrogens is 2. The van der Waals surface area contributed by atoms with E-state index in [1.165, 1.54) is 11.3 Å². The standard InChI is InChI=1S/C13H14N2O3S/c1-8-14-15-12(19-8)11(13(16)17)7-9-3-5-10(18-2)6-4-9/h3-6,11H,7H2,1-2H3,(H,16,17). The number of aliphatic carboxylic acids is 1. The number of carbonyl (C=O) groups is 1. The molecule has 0 fully saturated rings. The van der Waals surface area contributed by atoms with Crippen molar-refractivity contribution in [2.24, 2.45) is 0 Å². The number of nitrogens with zero attached hydrogens (tertiary/aromatic N) is 2. The lowest BCUT2D eigenvalue weighted by molar-refractivity contribution is -0.138. The summed E-state index contributed by atoms with van der Waals surface area (Å²) in [5, 5.41) is 18.4. The quantitative estimate of drug-likeness (QED) is 0.908. The van der Waals surface area contributed by atoms with Crippen molar-refractivity contribution in [3.8, 4) is 5.75 Å². The van der Waals surface area contributed by atoms with E-state index in [0.717, 1.165) is 16.3 Å². The molecule has 0 aliphatic heterocycles. The third-order valence-electron chi connectivity index (χ3n) is 2.74. The fourth-order valence-corrected chi connectivity index (χ4v) is 2.52. The Morgan fingerprint density at radius 3 is 2.53 bits per heavy atom. The van der Waals surface area contributed by atoms with Crippen LogP contribution in [0.4, 0.5) is 0 Å². The van der Waals surface area contributed by atoms with Crippen molar-refractivity contribution in [2.45, 2.75) is 19.3 Å². The van der Waals surface area contributed by atoms with Gasteiger partial charge in [0.2, 0.25) is 0 Å². The minimum absolute atomic E-state index is 0.397. The van der Waals surface area contributed by atoms with Gasteiger partial charge in [-0.3, -0.25) is 4.79 Å². The zero-order chi connectivity index (χ0) is 13.8. The van der Waals surface area contributed by atoms with E-state index < -0.39 is 11.9 Å². The zero-order valence-corrected chi connectivity index (χ0v) is 11.5. The van der Waals surface area contributed by atoms with Crippen LogP contribution in [0.3, 0.4) is 0 Å². The van der Waals surface area contributed by atoms with Crippen LogP contribution in [0.1, 0.15) is 21.5 Å². The maximum atomic E-state index is 11.4. The molecule has 1 atom stereocenters. The van der Waals surface area contributed by atoms with Gasteiger partial charge in [-0.2, -0.15) is 0 Å². The first-order valence-electron chi connectivity index (χ1n) is 5.76. The first-order valence-corrected chi connectivity index (χ1v) is 6.57. The summed E-state index contributed by atoms with van der Waals surface area (Å²) in [4.78, 5) is 11.4. The Morgan fingerprint density at radius 1 is 1.37 bits per heavy atom. The molecule has 0 saturated heterocycles. The Bertz CT molecular complexity index is 566. The Morgan fingerprint density at radius 2 is 2.05 bits per heavy atom. The van der Waals surface area contributed by atoms with Gasteiger partial charge in [-0.05, 0) is 31.0 Å². The van der Waals surface area contributed by atoms with Crippen LogP contribution >= 0.6 is 11.3 Å². The monoisotopic (exact) mass is 278 g/mol. The fraction of sp³-hybridized carbons (Fsp3) is 0.308. The van der Waals surface area contributed by atoms with Crippen molar-refractivity contribution < 1.29 is 14.6 Å². The van der Waals surface area contributed by atoms with Gasteiger partial charge in [-0.25, -0.2) is 0 Å². The number of hydrogen-bond donors (Lipinski definition) is 1. The second-order valence-corrected chi connectivity index (χ2v) is 5.32. The molecule has 0 spiro atoms. The summed E-state index contributed by atoms with van der Waals surface area (Å²) in [5.41, 5.74) is 0.932. The smallest absolute Gasteiger partial charge is 0.313 e. The normalized spacial score (nSPS) is 12.1. The number of rotatable bonds is 5. The maximum absolute atomic E-state index is 11.4. The fourth-order valence-electron chi connectivity index (χ4n) is 1.73. The highest BCUT2D eigenvalue weighted by Gasteiger charge is 2.24. The average Bonchev–Trinajstić information content (AvgIpc) is 2.82. The largest absolute Gasteiger partial charge is 0.497 e. The van der Waals surface area contributed by atoms with Crippen molar-refractivity contribution in [3.05, 3.63) is 39.8 Å². The van der Waals surface area contributed by atoms with Crippen molar-refractivity contribution in [3.63, 3.8) is 0 Å². The molecular weight excluding hydrogens is 264 g/mol. The molecule has 5 nitrogen and oxygen atoms in total. The molecule has 0 amide bonds. The first-order chi connectivity index (χ1) is 9.10. The van der Waals surface area contributed by atoms with Crippen LogP contribution in [0.5, 0.6) is 5.75 Å². The van der Waals surface area contributed by atoms with E-state index in [0.29, 0.717) is 11.4 Å². The molecule has 0 bridgehead atoms. The average molecular weight is 278 g/mol. The molecule has 2 aromatic rings. The molecule has 0 saturated carbocycles. The highest BCUT2D eigenvalue weighted by atomic mass is 32.1. The lowest BCUT2D eigenvalue weighted by atomic mass is 10.00. The molecule has 1 aromatic heterocycles. The third kappa shape index (κ3) is 3.29. The molecule has 100 valence electrons. The van der Waals surface area contributed by atoms with Gasteiger partial charge in [0.05, 0.1) is 7.11 Å². The van der Waals surface area contributed by atoms with Gasteiger partial charge < -0.3 is 9.84 Å². The van der Waals surface area contributed by atoms with Crippen LogP contribution in [-0.2, 0) is 11.2 Å². The minimum atomic E-state index is -0.882. The van der Waals surface area contributed by atoms with Gasteiger partial charge in [-0.15, -0.1) is 21.5 Å². The van der Waals surface area contributed by atoms with Crippen LogP contribution in [0.15, 0.2) is 24.3 Å². The Balaban J connectivity index is 2.18. The molecule has 1 aromatic carbocycles. The maximum Gasteiger partial charge on any atom is 0.313 e. The number of aryl methyl sites for hydroxylation is 1. The summed E-state index contributed by atoms with van der Waals surface area (Å²) in [6.45, 7) is 1.81. The van der Waals surface area contributed by atoms with Gasteiger partial charge in [0.25, 0.3) is 0 Å². The summed E-state index contributed by atoms with van der Waals surface area (Å²) in [7, 11) is 1.60. The van der Waals surface area contributed by atoms with E-state index in [-0.39, 0.29) is 0 Å². The predicted molar refractivity (Wildman–Crippen MR) is 71.7 cm³/mol. The molecule has 6 heteroatoms. The van der Waals surface area contributed by atoms with Gasteiger partial charge >= 0.3 is 5.97 Å². The van der Waals surface area contributed by atoms with Crippen LogP contribution in [0.2, 0.25) is 0 Å². The van der Waals surface area contributed by atoms with Crippen molar-refractivity contribution >= 4 is 17.3 Å². The number of carboxylic acids is 1. The lowest BCUT2D eigenvalue weighted by Crippen LogP contribution is -2.14.